The summed E-state index contributed by atoms with van der Waals surface area (Å²) in [5, 5.41) is 0. The van der Waals surface area contributed by atoms with E-state index >= 15 is 0 Å². The van der Waals surface area contributed by atoms with Gasteiger partial charge in [0.15, 0.2) is 5.78 Å². The predicted octanol–water partition coefficient (Wildman–Crippen LogP) is 1.72. The van der Waals surface area contributed by atoms with Crippen LogP contribution in [0.4, 0.5) is 0 Å². The molecule has 0 unspecified atom stereocenters. The molecule has 0 amide bonds. The summed E-state index contributed by atoms with van der Waals surface area (Å²) in [6.07, 6.45) is 8.91. The number of carbonyl (C=O) groups excluding carboxylic acids is 1. The molecule has 2 rings (SSSR count). The van der Waals surface area contributed by atoms with Crippen LogP contribution < -0.4 is 0 Å². The Kier molecular flexibility index (Phi) is 1.88. The van der Waals surface area contributed by atoms with Crippen molar-refractivity contribution >= 4 is 5.78 Å². The van der Waals surface area contributed by atoms with Gasteiger partial charge in [0, 0.05) is 18.9 Å². The van der Waals surface area contributed by atoms with E-state index in [2.05, 4.69) is 6.08 Å². The van der Waals surface area contributed by atoms with E-state index in [1.165, 1.54) is 0 Å². The van der Waals surface area contributed by atoms with E-state index in [-0.39, 0.29) is 17.6 Å². The molecular weight excluding hydrogens is 164 g/mol. The highest BCUT2D eigenvalue weighted by atomic mass is 16.5. The summed E-state index contributed by atoms with van der Waals surface area (Å²) in [5.74, 6) is 0.524. The number of ether oxygens (including phenoxy) is 1. The molecule has 13 heavy (non-hydrogen) atoms. The molecule has 0 N–H and O–H groups in total. The van der Waals surface area contributed by atoms with Crippen LogP contribution in [-0.2, 0) is 9.53 Å². The predicted molar refractivity (Wildman–Crippen MR) is 50.3 cm³/mol. The maximum atomic E-state index is 11.9. The summed E-state index contributed by atoms with van der Waals surface area (Å²) in [4.78, 5) is 11.9. The summed E-state index contributed by atoms with van der Waals surface area (Å²) >= 11 is 0. The highest BCUT2D eigenvalue weighted by Gasteiger charge is 2.50. The van der Waals surface area contributed by atoms with Crippen LogP contribution >= 0.6 is 0 Å². The Hall–Kier alpha value is -0.890. The first-order valence-electron chi connectivity index (χ1n) is 4.63. The second kappa shape index (κ2) is 2.81. The summed E-state index contributed by atoms with van der Waals surface area (Å²) in [7, 11) is 1.62. The van der Waals surface area contributed by atoms with Crippen LogP contribution in [0.15, 0.2) is 24.3 Å². The molecule has 0 saturated heterocycles. The first kappa shape index (κ1) is 8.70. The number of hydrogen-bond donors (Lipinski definition) is 0. The third-order valence-corrected chi connectivity index (χ3v) is 3.26. The standard InChI is InChI=1S/C11H14O2/c1-11(13-2)9-6-4-3-5-8(7-9)10(11)12/h3-6,8-9H,7H2,1-2H3/t8-,9+,11+/m0/s1. The van der Waals surface area contributed by atoms with Crippen LogP contribution in [-0.4, -0.2) is 18.5 Å². The minimum atomic E-state index is -0.591. The zero-order valence-corrected chi connectivity index (χ0v) is 7.99. The maximum absolute atomic E-state index is 11.9. The fraction of sp³-hybridized carbons (Fsp3) is 0.545. The molecule has 0 aromatic heterocycles. The van der Waals surface area contributed by atoms with Gasteiger partial charge in [-0.2, -0.15) is 0 Å². The lowest BCUT2D eigenvalue weighted by molar-refractivity contribution is -0.138. The summed E-state index contributed by atoms with van der Waals surface area (Å²) < 4.78 is 5.35. The Morgan fingerprint density at radius 3 is 2.85 bits per heavy atom. The van der Waals surface area contributed by atoms with Gasteiger partial charge in [-0.15, -0.1) is 0 Å². The van der Waals surface area contributed by atoms with Crippen LogP contribution in [0, 0.1) is 11.8 Å². The van der Waals surface area contributed by atoms with E-state index in [1.807, 2.05) is 25.2 Å². The summed E-state index contributed by atoms with van der Waals surface area (Å²) in [6, 6.07) is 0. The molecule has 1 saturated carbocycles. The van der Waals surface area contributed by atoms with Crippen molar-refractivity contribution in [3.05, 3.63) is 24.3 Å². The molecule has 2 heteroatoms. The van der Waals surface area contributed by atoms with Gasteiger partial charge in [-0.3, -0.25) is 4.79 Å². The normalized spacial score (nSPS) is 42.5. The van der Waals surface area contributed by atoms with Gasteiger partial charge in [-0.05, 0) is 13.3 Å². The minimum absolute atomic E-state index is 0.0601. The number of methoxy groups -OCH3 is 1. The van der Waals surface area contributed by atoms with Crippen LogP contribution in [0.25, 0.3) is 0 Å². The second-order valence-electron chi connectivity index (χ2n) is 3.89. The van der Waals surface area contributed by atoms with Crippen molar-refractivity contribution in [2.24, 2.45) is 11.8 Å². The number of Topliss-reactive ketones (excluding diaryl/α,β-unsaturated/α-hetero) is 1. The van der Waals surface area contributed by atoms with E-state index < -0.39 is 5.60 Å². The van der Waals surface area contributed by atoms with Crippen LogP contribution in [0.3, 0.4) is 0 Å². The fourth-order valence-electron chi connectivity index (χ4n) is 2.23. The van der Waals surface area contributed by atoms with Gasteiger partial charge in [-0.1, -0.05) is 24.3 Å². The first-order valence-corrected chi connectivity index (χ1v) is 4.63. The van der Waals surface area contributed by atoms with Crippen LogP contribution in [0.1, 0.15) is 13.3 Å². The van der Waals surface area contributed by atoms with Gasteiger partial charge in [0.25, 0.3) is 0 Å². The average molecular weight is 178 g/mol. The Labute approximate surface area is 78.3 Å². The maximum Gasteiger partial charge on any atom is 0.171 e. The summed E-state index contributed by atoms with van der Waals surface area (Å²) in [5.41, 5.74) is -0.591. The molecule has 0 radical (unpaired) electrons. The van der Waals surface area contributed by atoms with Crippen molar-refractivity contribution in [2.45, 2.75) is 18.9 Å². The average Bonchev–Trinajstić information content (AvgIpc) is 2.38. The lowest BCUT2D eigenvalue weighted by Crippen LogP contribution is -2.39. The van der Waals surface area contributed by atoms with Crippen molar-refractivity contribution in [1.82, 2.24) is 0 Å². The van der Waals surface area contributed by atoms with E-state index in [0.717, 1.165) is 6.42 Å². The van der Waals surface area contributed by atoms with Gasteiger partial charge in [0.2, 0.25) is 0 Å². The number of rotatable bonds is 1. The van der Waals surface area contributed by atoms with Crippen LogP contribution in [0.2, 0.25) is 0 Å². The third-order valence-electron chi connectivity index (χ3n) is 3.26. The van der Waals surface area contributed by atoms with E-state index in [1.54, 1.807) is 7.11 Å². The van der Waals surface area contributed by atoms with Gasteiger partial charge >= 0.3 is 0 Å². The second-order valence-corrected chi connectivity index (χ2v) is 3.89. The fourth-order valence-corrected chi connectivity index (χ4v) is 2.23. The van der Waals surface area contributed by atoms with E-state index in [4.69, 9.17) is 4.74 Å². The quantitative estimate of drug-likeness (QED) is 0.611. The summed E-state index contributed by atoms with van der Waals surface area (Å²) in [6.45, 7) is 1.89. The SMILES string of the molecule is CO[C@@]1(C)C(=O)[C@H]2C=CC=C[C@@H]1C2. The number of fused-ring (bicyclic) bond motifs is 2. The molecule has 1 fully saturated rings. The monoisotopic (exact) mass is 178 g/mol. The zero-order valence-electron chi connectivity index (χ0n) is 7.99. The largest absolute Gasteiger partial charge is 0.370 e. The molecule has 2 nitrogen and oxygen atoms in total. The molecule has 0 heterocycles. The molecule has 2 bridgehead atoms. The molecule has 0 spiro atoms. The smallest absolute Gasteiger partial charge is 0.171 e. The lowest BCUT2D eigenvalue weighted by atomic mass is 9.91. The molecule has 2 aliphatic rings. The number of hydrogen-bond acceptors (Lipinski definition) is 2. The first-order chi connectivity index (χ1) is 6.18. The lowest BCUT2D eigenvalue weighted by Gasteiger charge is -2.26. The van der Waals surface area contributed by atoms with Gasteiger partial charge in [0.05, 0.1) is 0 Å². The highest BCUT2D eigenvalue weighted by Crippen LogP contribution is 2.41. The third kappa shape index (κ3) is 1.09. The Balaban J connectivity index is 2.39. The number of allylic oxidation sites excluding steroid dienone is 3. The number of ketones is 1. The van der Waals surface area contributed by atoms with E-state index in [9.17, 15) is 4.79 Å². The van der Waals surface area contributed by atoms with Gasteiger partial charge in [0.1, 0.15) is 5.60 Å². The Morgan fingerprint density at radius 2 is 2.15 bits per heavy atom. The van der Waals surface area contributed by atoms with Crippen molar-refractivity contribution in [3.63, 3.8) is 0 Å². The zero-order chi connectivity index (χ0) is 9.47. The minimum Gasteiger partial charge on any atom is -0.370 e. The molecule has 3 atom stereocenters. The van der Waals surface area contributed by atoms with Crippen molar-refractivity contribution < 1.29 is 9.53 Å². The van der Waals surface area contributed by atoms with E-state index in [0.29, 0.717) is 0 Å². The van der Waals surface area contributed by atoms with Crippen molar-refractivity contribution in [1.29, 1.82) is 0 Å². The van der Waals surface area contributed by atoms with Crippen LogP contribution in [0.5, 0.6) is 0 Å². The number of carbonyl (C=O) groups is 1. The topological polar surface area (TPSA) is 26.3 Å². The molecular formula is C11H14O2. The van der Waals surface area contributed by atoms with Crippen molar-refractivity contribution in [2.75, 3.05) is 7.11 Å². The molecule has 0 aliphatic heterocycles. The van der Waals surface area contributed by atoms with Crippen molar-refractivity contribution in [3.8, 4) is 0 Å². The molecule has 2 aliphatic carbocycles. The van der Waals surface area contributed by atoms with Gasteiger partial charge < -0.3 is 4.74 Å². The molecule has 70 valence electrons. The molecule has 0 aromatic rings. The Bertz CT molecular complexity index is 290. The molecule has 0 aromatic carbocycles. The van der Waals surface area contributed by atoms with Gasteiger partial charge in [-0.25, -0.2) is 0 Å². The Morgan fingerprint density at radius 1 is 1.46 bits per heavy atom. The highest BCUT2D eigenvalue weighted by molar-refractivity contribution is 5.93.